The minimum absolute atomic E-state index is 0.0395. The standard InChI is InChI=1S/C41H42N5O2/c1-7-39(5)23-41(24-39,45-37(47)32-15-11-12-18-40(32,6)38(45)48)29-16-17-30(26(4)19-29)35-31(27-13-9-8-10-14-27)20-28-22-42-34-21-33(25(2)3)44-46(34)36(28)43-35/h8-21,25-26,30,32H,7,23-24H2,1-6H3/q+1. The number of nitrogens with zero attached hydrogens (tertiary/aromatic N) is 5. The Bertz CT molecular complexity index is 2110. The van der Waals surface area contributed by atoms with Gasteiger partial charge in [-0.3, -0.25) is 14.5 Å². The van der Waals surface area contributed by atoms with Crippen molar-refractivity contribution in [3.8, 4) is 11.1 Å². The molecule has 4 heterocycles. The minimum Gasteiger partial charge on any atom is -0.274 e. The number of imide groups is 1. The first-order valence-electron chi connectivity index (χ1n) is 17.3. The van der Waals surface area contributed by atoms with Crippen LogP contribution in [-0.4, -0.2) is 36.9 Å². The maximum Gasteiger partial charge on any atom is 0.414 e. The van der Waals surface area contributed by atoms with Crippen molar-refractivity contribution >= 4 is 28.5 Å². The molecular formula is C41H42N5O2+. The van der Waals surface area contributed by atoms with Gasteiger partial charge in [-0.05, 0) is 54.2 Å². The highest BCUT2D eigenvalue weighted by Gasteiger charge is 2.66. The summed E-state index contributed by atoms with van der Waals surface area (Å²) in [6, 6.07) is 14.5. The second kappa shape index (κ2) is 10.6. The second-order valence-corrected chi connectivity index (χ2v) is 15.3. The molecule has 0 N–H and O–H groups in total. The lowest BCUT2D eigenvalue weighted by Gasteiger charge is -2.59. The molecule has 4 aromatic rings. The number of allylic oxidation sites excluding steroid dienone is 4. The van der Waals surface area contributed by atoms with Crippen molar-refractivity contribution in [1.29, 1.82) is 0 Å². The molecular weight excluding hydrogens is 594 g/mol. The lowest BCUT2D eigenvalue weighted by molar-refractivity contribution is -0.263. The van der Waals surface area contributed by atoms with E-state index in [1.54, 1.807) is 4.90 Å². The third kappa shape index (κ3) is 4.31. The molecule has 1 saturated heterocycles. The summed E-state index contributed by atoms with van der Waals surface area (Å²) in [5.41, 5.74) is 5.11. The van der Waals surface area contributed by atoms with E-state index in [9.17, 15) is 9.59 Å². The van der Waals surface area contributed by atoms with Crippen LogP contribution in [0.2, 0.25) is 0 Å². The highest BCUT2D eigenvalue weighted by molar-refractivity contribution is 6.10. The van der Waals surface area contributed by atoms with Crippen LogP contribution in [0.5, 0.6) is 0 Å². The summed E-state index contributed by atoms with van der Waals surface area (Å²) in [4.78, 5) is 40.0. The van der Waals surface area contributed by atoms with E-state index in [0.29, 0.717) is 0 Å². The van der Waals surface area contributed by atoms with Crippen LogP contribution in [0.15, 0.2) is 90.6 Å². The van der Waals surface area contributed by atoms with E-state index in [4.69, 9.17) is 10.1 Å². The van der Waals surface area contributed by atoms with E-state index in [1.807, 2.05) is 60.0 Å². The first-order valence-corrected chi connectivity index (χ1v) is 17.3. The summed E-state index contributed by atoms with van der Waals surface area (Å²) in [6.45, 7) is 12.9. The van der Waals surface area contributed by atoms with Crippen LogP contribution >= 0.6 is 0 Å². The molecule has 48 heavy (non-hydrogen) atoms. The van der Waals surface area contributed by atoms with Crippen molar-refractivity contribution in [3.05, 3.63) is 108 Å². The van der Waals surface area contributed by atoms with Gasteiger partial charge in [-0.25, -0.2) is 4.98 Å². The van der Waals surface area contributed by atoms with E-state index < -0.39 is 16.9 Å². The van der Waals surface area contributed by atoms with E-state index >= 15 is 0 Å². The van der Waals surface area contributed by atoms with Crippen LogP contribution in [0.4, 0.5) is 0 Å². The van der Waals surface area contributed by atoms with Gasteiger partial charge < -0.3 is 0 Å². The van der Waals surface area contributed by atoms with Crippen molar-refractivity contribution in [2.75, 3.05) is 0 Å². The van der Waals surface area contributed by atoms with Crippen LogP contribution in [0, 0.1) is 28.9 Å². The number of hydrogen-bond donors (Lipinski definition) is 0. The predicted molar refractivity (Wildman–Crippen MR) is 186 cm³/mol. The summed E-state index contributed by atoms with van der Waals surface area (Å²) in [5, 5.41) is 5.70. The zero-order valence-corrected chi connectivity index (χ0v) is 28.6. The number of amides is 2. The van der Waals surface area contributed by atoms with Gasteiger partial charge in [0.25, 0.3) is 5.65 Å². The van der Waals surface area contributed by atoms with Crippen LogP contribution in [0.1, 0.15) is 84.0 Å². The topological polar surface area (TPSA) is 81.7 Å². The summed E-state index contributed by atoms with van der Waals surface area (Å²) in [5.74, 6) is -0.356. The number of hydrogen-bond acceptors (Lipinski definition) is 4. The fourth-order valence-electron chi connectivity index (χ4n) is 8.63. The van der Waals surface area contributed by atoms with E-state index in [0.717, 1.165) is 64.0 Å². The van der Waals surface area contributed by atoms with Gasteiger partial charge in [-0.1, -0.05) is 124 Å². The van der Waals surface area contributed by atoms with Gasteiger partial charge in [-0.2, -0.15) is 4.98 Å². The van der Waals surface area contributed by atoms with Crippen molar-refractivity contribution in [3.63, 3.8) is 0 Å². The fourth-order valence-corrected chi connectivity index (χ4v) is 8.63. The summed E-state index contributed by atoms with van der Waals surface area (Å²) >= 11 is 0. The smallest absolute Gasteiger partial charge is 0.274 e. The van der Waals surface area contributed by atoms with Gasteiger partial charge in [0, 0.05) is 11.5 Å². The molecule has 1 aliphatic heterocycles. The maximum absolute atomic E-state index is 14.2. The number of carbonyl (C=O) groups is 2. The van der Waals surface area contributed by atoms with Crippen molar-refractivity contribution in [2.45, 2.75) is 78.2 Å². The number of carbonyl (C=O) groups excluding carboxylic acids is 2. The quantitative estimate of drug-likeness (QED) is 0.207. The molecule has 4 unspecified atom stereocenters. The fraction of sp³-hybridized carbons (Fsp3) is 0.390. The maximum atomic E-state index is 14.2. The molecule has 2 fully saturated rings. The minimum atomic E-state index is -0.844. The van der Waals surface area contributed by atoms with Gasteiger partial charge in [0.1, 0.15) is 5.39 Å². The van der Waals surface area contributed by atoms with Crippen LogP contribution in [0.25, 0.3) is 27.8 Å². The van der Waals surface area contributed by atoms with E-state index in [2.05, 4.69) is 82.2 Å². The molecule has 3 aliphatic carbocycles. The molecule has 0 bridgehead atoms. The highest BCUT2D eigenvalue weighted by Crippen LogP contribution is 2.61. The first kappa shape index (κ1) is 30.5. The number of aromatic nitrogens is 4. The Morgan fingerprint density at radius 2 is 1.83 bits per heavy atom. The third-order valence-electron chi connectivity index (χ3n) is 11.6. The number of fused-ring (bicyclic) bond motifs is 4. The first-order chi connectivity index (χ1) is 23.0. The Kier molecular flexibility index (Phi) is 6.73. The van der Waals surface area contributed by atoms with Gasteiger partial charge in [0.05, 0.1) is 34.3 Å². The summed E-state index contributed by atoms with van der Waals surface area (Å²) < 4.78 is 1.85. The Morgan fingerprint density at radius 3 is 2.52 bits per heavy atom. The number of benzene rings is 1. The molecule has 2 amide bonds. The SMILES string of the molecule is CCC1(C)CC(C2=CC(C)C(c3nc4c(c#[n+]c5cc(C(C)C)nn54)cc3-c3ccccc3)C=C2)(N2C(=O)C3C=CC=CC3(C)C2=O)C1. The number of rotatable bonds is 6. The van der Waals surface area contributed by atoms with Crippen molar-refractivity contribution in [1.82, 2.24) is 19.5 Å². The third-order valence-corrected chi connectivity index (χ3v) is 11.6. The summed E-state index contributed by atoms with van der Waals surface area (Å²) in [6.07, 6.45) is 20.1. The molecule has 0 spiro atoms. The van der Waals surface area contributed by atoms with Gasteiger partial charge in [-0.15, -0.1) is 0 Å². The molecule has 4 aliphatic rings. The zero-order chi connectivity index (χ0) is 33.6. The predicted octanol–water partition coefficient (Wildman–Crippen LogP) is 7.36. The van der Waals surface area contributed by atoms with Crippen molar-refractivity contribution in [2.24, 2.45) is 22.7 Å². The monoisotopic (exact) mass is 636 g/mol. The van der Waals surface area contributed by atoms with Gasteiger partial charge >= 0.3 is 5.65 Å². The average Bonchev–Trinajstić information content (AvgIpc) is 3.60. The number of pyridine rings is 1. The molecule has 0 radical (unpaired) electrons. The average molecular weight is 637 g/mol. The summed E-state index contributed by atoms with van der Waals surface area (Å²) in [7, 11) is 0. The highest BCUT2D eigenvalue weighted by atomic mass is 16.2. The lowest BCUT2D eigenvalue weighted by Crippen LogP contribution is -2.64. The molecule has 4 atom stereocenters. The largest absolute Gasteiger partial charge is 0.414 e. The molecule has 7 nitrogen and oxygen atoms in total. The Balaban J connectivity index is 1.24. The molecule has 1 saturated carbocycles. The number of likely N-dealkylation sites (tertiary alicyclic amines) is 1. The Labute approximate surface area is 282 Å². The van der Waals surface area contributed by atoms with Gasteiger partial charge in [0.15, 0.2) is 0 Å². The van der Waals surface area contributed by atoms with E-state index in [1.165, 1.54) is 0 Å². The van der Waals surface area contributed by atoms with Crippen LogP contribution in [0.3, 0.4) is 0 Å². The van der Waals surface area contributed by atoms with Crippen LogP contribution in [-0.2, 0) is 9.59 Å². The molecule has 242 valence electrons. The van der Waals surface area contributed by atoms with Gasteiger partial charge in [0.2, 0.25) is 18.0 Å². The normalized spacial score (nSPS) is 31.0. The molecule has 8 rings (SSSR count). The molecule has 1 aromatic carbocycles. The van der Waals surface area contributed by atoms with Crippen LogP contribution < -0.4 is 4.98 Å². The second-order valence-electron chi connectivity index (χ2n) is 15.3. The molecule has 7 heteroatoms. The molecule has 3 aromatic heterocycles. The Morgan fingerprint density at radius 1 is 1.06 bits per heavy atom. The zero-order valence-electron chi connectivity index (χ0n) is 28.6. The van der Waals surface area contributed by atoms with Crippen molar-refractivity contribution < 1.29 is 14.6 Å². The lowest BCUT2D eigenvalue weighted by atomic mass is 9.53. The Hall–Kier alpha value is -4.83. The van der Waals surface area contributed by atoms with E-state index in [-0.39, 0.29) is 35.0 Å².